The summed E-state index contributed by atoms with van der Waals surface area (Å²) in [6.07, 6.45) is 5.33. The van der Waals surface area contributed by atoms with E-state index in [-0.39, 0.29) is 6.04 Å². The van der Waals surface area contributed by atoms with E-state index in [4.69, 9.17) is 4.74 Å². The van der Waals surface area contributed by atoms with E-state index in [1.54, 1.807) is 12.4 Å². The zero-order chi connectivity index (χ0) is 14.8. The van der Waals surface area contributed by atoms with Gasteiger partial charge in [0.25, 0.3) is 0 Å². The van der Waals surface area contributed by atoms with E-state index >= 15 is 0 Å². The first kappa shape index (κ1) is 17.1. The van der Waals surface area contributed by atoms with Crippen LogP contribution in [-0.4, -0.2) is 36.0 Å². The maximum Gasteiger partial charge on any atom is 0.0897 e. The Morgan fingerprint density at radius 2 is 1.95 bits per heavy atom. The van der Waals surface area contributed by atoms with Crippen molar-refractivity contribution in [3.63, 3.8) is 0 Å². The van der Waals surface area contributed by atoms with Gasteiger partial charge in [0.2, 0.25) is 0 Å². The Hall–Kier alpha value is -0.970. The lowest BCUT2D eigenvalue weighted by Gasteiger charge is -2.17. The van der Waals surface area contributed by atoms with Crippen LogP contribution in [0, 0.1) is 5.92 Å². The van der Waals surface area contributed by atoms with Crippen LogP contribution in [0.1, 0.15) is 45.2 Å². The molecule has 114 valence electrons. The molecule has 0 radical (unpaired) electrons. The van der Waals surface area contributed by atoms with Crippen LogP contribution in [0.2, 0.25) is 0 Å². The van der Waals surface area contributed by atoms with Crippen molar-refractivity contribution >= 4 is 0 Å². The summed E-state index contributed by atoms with van der Waals surface area (Å²) in [6.45, 7) is 8.15. The first-order valence-electron chi connectivity index (χ1n) is 7.48. The minimum Gasteiger partial charge on any atom is -0.389 e. The molecular formula is C16H28N2O2. The predicted octanol–water partition coefficient (Wildman–Crippen LogP) is 2.55. The number of ether oxygens (including phenoxy) is 1. The maximum absolute atomic E-state index is 9.85. The number of nitrogens with zero attached hydrogens (tertiary/aromatic N) is 1. The quantitative estimate of drug-likeness (QED) is 0.647. The zero-order valence-electron chi connectivity index (χ0n) is 12.9. The number of aliphatic hydroxyl groups excluding tert-OH is 1. The molecule has 0 saturated carbocycles. The van der Waals surface area contributed by atoms with Crippen LogP contribution in [0.15, 0.2) is 24.5 Å². The molecular weight excluding hydrogens is 252 g/mol. The maximum atomic E-state index is 9.85. The Balaban J connectivity index is 2.09. The molecule has 0 saturated heterocycles. The van der Waals surface area contributed by atoms with Gasteiger partial charge in [0.15, 0.2) is 0 Å². The summed E-state index contributed by atoms with van der Waals surface area (Å²) in [5.41, 5.74) is 1.17. The van der Waals surface area contributed by atoms with Gasteiger partial charge in [-0.15, -0.1) is 0 Å². The lowest BCUT2D eigenvalue weighted by atomic mass is 10.1. The number of nitrogens with one attached hydrogen (secondary N) is 1. The summed E-state index contributed by atoms with van der Waals surface area (Å²) in [6, 6.07) is 4.16. The van der Waals surface area contributed by atoms with Gasteiger partial charge in [-0.3, -0.25) is 4.98 Å². The zero-order valence-corrected chi connectivity index (χ0v) is 12.9. The van der Waals surface area contributed by atoms with Crippen molar-refractivity contribution < 1.29 is 9.84 Å². The summed E-state index contributed by atoms with van der Waals surface area (Å²) in [5, 5.41) is 13.2. The average molecular weight is 280 g/mol. The van der Waals surface area contributed by atoms with Crippen molar-refractivity contribution in [2.75, 3.05) is 19.8 Å². The second kappa shape index (κ2) is 9.86. The van der Waals surface area contributed by atoms with Crippen LogP contribution < -0.4 is 5.32 Å². The van der Waals surface area contributed by atoms with Crippen LogP contribution in [0.25, 0.3) is 0 Å². The minimum absolute atomic E-state index is 0.202. The molecule has 1 aromatic rings. The molecule has 4 nitrogen and oxygen atoms in total. The molecule has 0 spiro atoms. The summed E-state index contributed by atoms with van der Waals surface area (Å²) >= 11 is 0. The van der Waals surface area contributed by atoms with Gasteiger partial charge >= 0.3 is 0 Å². The molecule has 20 heavy (non-hydrogen) atoms. The standard InChI is InChI=1S/C16H28N2O2/c1-13(2)5-4-10-20-12-16(19)11-18-14(3)15-6-8-17-9-7-15/h6-9,13-14,16,18-19H,4-5,10-12H2,1-3H3/t14-,16?/m1/s1. The van der Waals surface area contributed by atoms with Crippen molar-refractivity contribution in [1.29, 1.82) is 0 Å². The van der Waals surface area contributed by atoms with Gasteiger partial charge in [-0.2, -0.15) is 0 Å². The molecule has 1 heterocycles. The first-order chi connectivity index (χ1) is 9.59. The minimum atomic E-state index is -0.460. The van der Waals surface area contributed by atoms with Crippen molar-refractivity contribution in [2.45, 2.75) is 45.8 Å². The molecule has 0 aromatic carbocycles. The largest absolute Gasteiger partial charge is 0.389 e. The number of pyridine rings is 1. The Bertz CT molecular complexity index is 344. The Kier molecular flexibility index (Phi) is 8.42. The molecule has 1 unspecified atom stereocenters. The van der Waals surface area contributed by atoms with E-state index in [0.717, 1.165) is 13.0 Å². The van der Waals surface area contributed by atoms with Crippen molar-refractivity contribution in [3.8, 4) is 0 Å². The lowest BCUT2D eigenvalue weighted by Crippen LogP contribution is -2.32. The predicted molar refractivity (Wildman–Crippen MR) is 81.6 cm³/mol. The molecule has 0 aliphatic carbocycles. The summed E-state index contributed by atoms with van der Waals surface area (Å²) < 4.78 is 5.48. The highest BCUT2D eigenvalue weighted by atomic mass is 16.5. The lowest BCUT2D eigenvalue weighted by molar-refractivity contribution is 0.0337. The molecule has 4 heteroatoms. The third-order valence-corrected chi connectivity index (χ3v) is 3.25. The number of rotatable bonds is 10. The average Bonchev–Trinajstić information content (AvgIpc) is 2.45. The highest BCUT2D eigenvalue weighted by Crippen LogP contribution is 2.09. The Morgan fingerprint density at radius 3 is 2.60 bits per heavy atom. The summed E-state index contributed by atoms with van der Waals surface area (Å²) in [4.78, 5) is 4.00. The number of aromatic nitrogens is 1. The topological polar surface area (TPSA) is 54.4 Å². The third-order valence-electron chi connectivity index (χ3n) is 3.25. The van der Waals surface area contributed by atoms with Gasteiger partial charge < -0.3 is 15.2 Å². The molecule has 0 amide bonds. The smallest absolute Gasteiger partial charge is 0.0897 e. The number of hydrogen-bond donors (Lipinski definition) is 2. The van der Waals surface area contributed by atoms with Crippen LogP contribution in [0.3, 0.4) is 0 Å². The van der Waals surface area contributed by atoms with Gasteiger partial charge in [-0.05, 0) is 43.4 Å². The van der Waals surface area contributed by atoms with Gasteiger partial charge in [0.1, 0.15) is 0 Å². The fraction of sp³-hybridized carbons (Fsp3) is 0.688. The van der Waals surface area contributed by atoms with Crippen molar-refractivity contribution in [2.24, 2.45) is 5.92 Å². The molecule has 0 fully saturated rings. The Labute approximate surface area is 122 Å². The first-order valence-corrected chi connectivity index (χ1v) is 7.48. The van der Waals surface area contributed by atoms with Crippen LogP contribution >= 0.6 is 0 Å². The van der Waals surface area contributed by atoms with E-state index in [9.17, 15) is 5.11 Å². The molecule has 2 N–H and O–H groups in total. The van der Waals surface area contributed by atoms with E-state index in [1.165, 1.54) is 12.0 Å². The molecule has 0 bridgehead atoms. The monoisotopic (exact) mass is 280 g/mol. The second-order valence-electron chi connectivity index (χ2n) is 5.68. The van der Waals surface area contributed by atoms with E-state index in [0.29, 0.717) is 19.1 Å². The molecule has 1 aromatic heterocycles. The molecule has 1 rings (SSSR count). The van der Waals surface area contributed by atoms with Gasteiger partial charge in [0.05, 0.1) is 12.7 Å². The second-order valence-corrected chi connectivity index (χ2v) is 5.68. The summed E-state index contributed by atoms with van der Waals surface area (Å²) in [5.74, 6) is 0.714. The fourth-order valence-corrected chi connectivity index (χ4v) is 1.95. The molecule has 0 aliphatic heterocycles. The van der Waals surface area contributed by atoms with E-state index in [1.807, 2.05) is 12.1 Å². The molecule has 2 atom stereocenters. The summed E-state index contributed by atoms with van der Waals surface area (Å²) in [7, 11) is 0. The van der Waals surface area contributed by atoms with E-state index < -0.39 is 6.10 Å². The normalized spacial score (nSPS) is 14.4. The SMILES string of the molecule is CC(C)CCCOCC(O)CN[C@H](C)c1ccncc1. The third kappa shape index (κ3) is 7.58. The van der Waals surface area contributed by atoms with E-state index in [2.05, 4.69) is 31.1 Å². The van der Waals surface area contributed by atoms with Crippen molar-refractivity contribution in [3.05, 3.63) is 30.1 Å². The highest BCUT2D eigenvalue weighted by molar-refractivity contribution is 5.13. The van der Waals surface area contributed by atoms with Crippen molar-refractivity contribution in [1.82, 2.24) is 10.3 Å². The van der Waals surface area contributed by atoms with Crippen LogP contribution in [0.5, 0.6) is 0 Å². The van der Waals surface area contributed by atoms with Gasteiger partial charge in [0, 0.05) is 31.6 Å². The van der Waals surface area contributed by atoms with Gasteiger partial charge in [-0.25, -0.2) is 0 Å². The number of aliphatic hydroxyl groups is 1. The highest BCUT2D eigenvalue weighted by Gasteiger charge is 2.08. The van der Waals surface area contributed by atoms with Crippen LogP contribution in [0.4, 0.5) is 0 Å². The van der Waals surface area contributed by atoms with Crippen LogP contribution in [-0.2, 0) is 4.74 Å². The fourth-order valence-electron chi connectivity index (χ4n) is 1.95. The number of hydrogen-bond acceptors (Lipinski definition) is 4. The Morgan fingerprint density at radius 1 is 1.25 bits per heavy atom. The van der Waals surface area contributed by atoms with Gasteiger partial charge in [-0.1, -0.05) is 13.8 Å². The molecule has 0 aliphatic rings.